The van der Waals surface area contributed by atoms with Crippen LogP contribution in [-0.4, -0.2) is 72.4 Å². The SMILES string of the molecule is CC(C(=O)O)N(C)CC1CN(C(C)C)CCO1. The van der Waals surface area contributed by atoms with E-state index in [1.807, 2.05) is 11.9 Å². The van der Waals surface area contributed by atoms with Crippen molar-refractivity contribution in [2.75, 3.05) is 33.3 Å². The number of carbonyl (C=O) groups is 1. The van der Waals surface area contributed by atoms with E-state index in [1.54, 1.807) is 6.92 Å². The average molecular weight is 244 g/mol. The van der Waals surface area contributed by atoms with E-state index in [2.05, 4.69) is 18.7 Å². The van der Waals surface area contributed by atoms with Crippen molar-refractivity contribution in [1.29, 1.82) is 0 Å². The Balaban J connectivity index is 2.43. The first kappa shape index (κ1) is 14.4. The molecule has 1 aliphatic heterocycles. The minimum atomic E-state index is -0.788. The van der Waals surface area contributed by atoms with E-state index in [-0.39, 0.29) is 6.10 Å². The van der Waals surface area contributed by atoms with E-state index in [0.29, 0.717) is 12.6 Å². The normalized spacial score (nSPS) is 24.2. The number of nitrogens with zero attached hydrogens (tertiary/aromatic N) is 2. The number of hydrogen-bond donors (Lipinski definition) is 1. The van der Waals surface area contributed by atoms with Gasteiger partial charge in [-0.1, -0.05) is 0 Å². The third-order valence-electron chi connectivity index (χ3n) is 3.41. The molecule has 5 nitrogen and oxygen atoms in total. The van der Waals surface area contributed by atoms with Gasteiger partial charge in [0.2, 0.25) is 0 Å². The maximum Gasteiger partial charge on any atom is 0.320 e. The van der Waals surface area contributed by atoms with Crippen LogP contribution in [-0.2, 0) is 9.53 Å². The maximum absolute atomic E-state index is 10.9. The van der Waals surface area contributed by atoms with Gasteiger partial charge >= 0.3 is 5.97 Å². The van der Waals surface area contributed by atoms with Crippen LogP contribution in [0.4, 0.5) is 0 Å². The summed E-state index contributed by atoms with van der Waals surface area (Å²) in [6.07, 6.45) is 0.109. The second kappa shape index (κ2) is 6.33. The molecule has 0 aromatic rings. The highest BCUT2D eigenvalue weighted by molar-refractivity contribution is 5.72. The molecule has 2 atom stereocenters. The first-order valence-corrected chi connectivity index (χ1v) is 6.20. The molecular weight excluding hydrogens is 220 g/mol. The van der Waals surface area contributed by atoms with Gasteiger partial charge in [0, 0.05) is 25.7 Å². The van der Waals surface area contributed by atoms with Crippen molar-refractivity contribution < 1.29 is 14.6 Å². The minimum absolute atomic E-state index is 0.109. The Morgan fingerprint density at radius 1 is 1.53 bits per heavy atom. The lowest BCUT2D eigenvalue weighted by Crippen LogP contribution is -2.51. The quantitative estimate of drug-likeness (QED) is 0.763. The Morgan fingerprint density at radius 2 is 2.18 bits per heavy atom. The fourth-order valence-corrected chi connectivity index (χ4v) is 1.99. The predicted molar refractivity (Wildman–Crippen MR) is 66.2 cm³/mol. The third kappa shape index (κ3) is 4.26. The fraction of sp³-hybridized carbons (Fsp3) is 0.917. The summed E-state index contributed by atoms with van der Waals surface area (Å²) in [5.74, 6) is -0.788. The van der Waals surface area contributed by atoms with E-state index < -0.39 is 12.0 Å². The first-order chi connectivity index (χ1) is 7.91. The molecule has 0 amide bonds. The van der Waals surface area contributed by atoms with E-state index in [1.165, 1.54) is 0 Å². The molecule has 0 aromatic carbocycles. The summed E-state index contributed by atoms with van der Waals surface area (Å²) in [5, 5.41) is 8.93. The lowest BCUT2D eigenvalue weighted by Gasteiger charge is -2.37. The molecule has 1 heterocycles. The predicted octanol–water partition coefficient (Wildman–Crippen LogP) is 0.501. The lowest BCUT2D eigenvalue weighted by atomic mass is 10.2. The molecule has 1 rings (SSSR count). The molecule has 0 radical (unpaired) electrons. The molecule has 100 valence electrons. The van der Waals surface area contributed by atoms with Gasteiger partial charge < -0.3 is 9.84 Å². The summed E-state index contributed by atoms with van der Waals surface area (Å²) in [7, 11) is 1.83. The highest BCUT2D eigenvalue weighted by Gasteiger charge is 2.26. The summed E-state index contributed by atoms with van der Waals surface area (Å²) in [6, 6.07) is 0.0524. The van der Waals surface area contributed by atoms with Gasteiger partial charge in [0.15, 0.2) is 0 Å². The number of rotatable bonds is 5. The van der Waals surface area contributed by atoms with Gasteiger partial charge in [-0.2, -0.15) is 0 Å². The second-order valence-electron chi connectivity index (χ2n) is 5.04. The molecular formula is C12H24N2O3. The van der Waals surface area contributed by atoms with Gasteiger partial charge in [0.05, 0.1) is 12.7 Å². The molecule has 0 aliphatic carbocycles. The van der Waals surface area contributed by atoms with E-state index in [4.69, 9.17) is 9.84 Å². The zero-order chi connectivity index (χ0) is 13.0. The summed E-state index contributed by atoms with van der Waals surface area (Å²) < 4.78 is 5.68. The largest absolute Gasteiger partial charge is 0.480 e. The zero-order valence-electron chi connectivity index (χ0n) is 11.2. The van der Waals surface area contributed by atoms with Gasteiger partial charge in [-0.05, 0) is 27.8 Å². The lowest BCUT2D eigenvalue weighted by molar-refractivity contribution is -0.143. The van der Waals surface area contributed by atoms with Crippen LogP contribution in [0.2, 0.25) is 0 Å². The Kier molecular flexibility index (Phi) is 5.36. The molecule has 1 aliphatic rings. The van der Waals surface area contributed by atoms with Crippen molar-refractivity contribution in [3.05, 3.63) is 0 Å². The van der Waals surface area contributed by atoms with Gasteiger partial charge in [-0.15, -0.1) is 0 Å². The smallest absolute Gasteiger partial charge is 0.320 e. The highest BCUT2D eigenvalue weighted by atomic mass is 16.5. The maximum atomic E-state index is 10.9. The van der Waals surface area contributed by atoms with Gasteiger partial charge in [-0.3, -0.25) is 14.6 Å². The van der Waals surface area contributed by atoms with Crippen molar-refractivity contribution >= 4 is 5.97 Å². The van der Waals surface area contributed by atoms with Crippen LogP contribution in [0.5, 0.6) is 0 Å². The van der Waals surface area contributed by atoms with Gasteiger partial charge in [0.1, 0.15) is 6.04 Å². The van der Waals surface area contributed by atoms with Gasteiger partial charge in [-0.25, -0.2) is 0 Å². The number of ether oxygens (including phenoxy) is 1. The second-order valence-corrected chi connectivity index (χ2v) is 5.04. The van der Waals surface area contributed by atoms with E-state index in [0.717, 1.165) is 19.7 Å². The highest BCUT2D eigenvalue weighted by Crippen LogP contribution is 2.10. The molecule has 1 N–H and O–H groups in total. The van der Waals surface area contributed by atoms with Crippen molar-refractivity contribution in [1.82, 2.24) is 9.80 Å². The monoisotopic (exact) mass is 244 g/mol. The topological polar surface area (TPSA) is 53.0 Å². The van der Waals surface area contributed by atoms with Crippen LogP contribution in [0.1, 0.15) is 20.8 Å². The van der Waals surface area contributed by atoms with Crippen molar-refractivity contribution in [3.63, 3.8) is 0 Å². The Morgan fingerprint density at radius 3 is 2.71 bits per heavy atom. The summed E-state index contributed by atoms with van der Waals surface area (Å²) in [6.45, 7) is 9.29. The number of hydrogen-bond acceptors (Lipinski definition) is 4. The molecule has 1 fully saturated rings. The molecule has 17 heavy (non-hydrogen) atoms. The molecule has 0 aromatic heterocycles. The molecule has 0 saturated carbocycles. The molecule has 5 heteroatoms. The Hall–Kier alpha value is -0.650. The van der Waals surface area contributed by atoms with Crippen molar-refractivity contribution in [2.24, 2.45) is 0 Å². The number of aliphatic carboxylic acids is 1. The van der Waals surface area contributed by atoms with E-state index in [9.17, 15) is 4.79 Å². The Bertz CT molecular complexity index is 258. The van der Waals surface area contributed by atoms with Crippen LogP contribution < -0.4 is 0 Å². The van der Waals surface area contributed by atoms with E-state index >= 15 is 0 Å². The zero-order valence-corrected chi connectivity index (χ0v) is 11.2. The molecule has 2 unspecified atom stereocenters. The van der Waals surface area contributed by atoms with Crippen LogP contribution in [0.3, 0.4) is 0 Å². The number of carboxylic acid groups (broad SMARTS) is 1. The third-order valence-corrected chi connectivity index (χ3v) is 3.41. The fourth-order valence-electron chi connectivity index (χ4n) is 1.99. The molecule has 0 spiro atoms. The summed E-state index contributed by atoms with van der Waals surface area (Å²) in [4.78, 5) is 15.1. The molecule has 1 saturated heterocycles. The molecule has 0 bridgehead atoms. The van der Waals surface area contributed by atoms with Crippen LogP contribution >= 0.6 is 0 Å². The average Bonchev–Trinajstić information content (AvgIpc) is 2.28. The van der Waals surface area contributed by atoms with Crippen molar-refractivity contribution in [2.45, 2.75) is 39.0 Å². The van der Waals surface area contributed by atoms with Crippen LogP contribution in [0, 0.1) is 0 Å². The summed E-state index contributed by atoms with van der Waals surface area (Å²) >= 11 is 0. The number of morpholine rings is 1. The van der Waals surface area contributed by atoms with Gasteiger partial charge in [0.25, 0.3) is 0 Å². The standard InChI is InChI=1S/C12H24N2O3/c1-9(2)14-5-6-17-11(8-14)7-13(4)10(3)12(15)16/h9-11H,5-8H2,1-4H3,(H,15,16). The first-order valence-electron chi connectivity index (χ1n) is 6.20. The van der Waals surface area contributed by atoms with Crippen LogP contribution in [0.25, 0.3) is 0 Å². The van der Waals surface area contributed by atoms with Crippen LogP contribution in [0.15, 0.2) is 0 Å². The number of carboxylic acids is 1. The number of likely N-dealkylation sites (N-methyl/N-ethyl adjacent to an activating group) is 1. The van der Waals surface area contributed by atoms with Crippen molar-refractivity contribution in [3.8, 4) is 0 Å². The summed E-state index contributed by atoms with van der Waals surface area (Å²) in [5.41, 5.74) is 0. The minimum Gasteiger partial charge on any atom is -0.480 e. The Labute approximate surface area is 103 Å².